The van der Waals surface area contributed by atoms with Crippen LogP contribution >= 0.6 is 0 Å². The van der Waals surface area contributed by atoms with Crippen LogP contribution in [0.4, 0.5) is 0 Å². The van der Waals surface area contributed by atoms with Crippen LogP contribution in [0.5, 0.6) is 5.75 Å². The summed E-state index contributed by atoms with van der Waals surface area (Å²) in [6, 6.07) is 7.33. The smallest absolute Gasteiger partial charge is 0.115 e. The van der Waals surface area contributed by atoms with E-state index in [0.717, 1.165) is 6.54 Å². The summed E-state index contributed by atoms with van der Waals surface area (Å²) in [6.45, 7) is 1.00. The Morgan fingerprint density at radius 3 is 2.18 bits per heavy atom. The summed E-state index contributed by atoms with van der Waals surface area (Å²) in [7, 11) is 4.21. The molecule has 0 unspecified atom stereocenters. The van der Waals surface area contributed by atoms with Gasteiger partial charge in [0.25, 0.3) is 0 Å². The van der Waals surface area contributed by atoms with Crippen LogP contribution in [0, 0.1) is 0 Å². The second kappa shape index (κ2) is 3.39. The van der Waals surface area contributed by atoms with Gasteiger partial charge in [-0.15, -0.1) is 0 Å². The van der Waals surface area contributed by atoms with Gasteiger partial charge in [0.15, 0.2) is 0 Å². The van der Waals surface area contributed by atoms with E-state index in [2.05, 4.69) is 14.1 Å². The van der Waals surface area contributed by atoms with Gasteiger partial charge in [0.1, 0.15) is 12.3 Å². The number of hydrogen-bond acceptors (Lipinski definition) is 1. The molecule has 1 aromatic rings. The predicted octanol–water partition coefficient (Wildman–Crippen LogP) is 0.0367. The maximum absolute atomic E-state index is 8.98. The van der Waals surface area contributed by atoms with Crippen LogP contribution in [0.1, 0.15) is 5.56 Å². The molecule has 0 aliphatic carbocycles. The Kier molecular flexibility index (Phi) is 2.49. The molecule has 0 spiro atoms. The van der Waals surface area contributed by atoms with Crippen LogP contribution in [0.2, 0.25) is 0 Å². The molecule has 0 heterocycles. The lowest BCUT2D eigenvalue weighted by Gasteiger charge is -2.06. The zero-order valence-corrected chi connectivity index (χ0v) is 6.96. The highest BCUT2D eigenvalue weighted by Crippen LogP contribution is 2.08. The van der Waals surface area contributed by atoms with Gasteiger partial charge in [-0.3, -0.25) is 0 Å². The largest absolute Gasteiger partial charge is 0.508 e. The van der Waals surface area contributed by atoms with Crippen LogP contribution in [0.15, 0.2) is 24.3 Å². The third-order valence-electron chi connectivity index (χ3n) is 1.49. The van der Waals surface area contributed by atoms with Gasteiger partial charge < -0.3 is 10.0 Å². The van der Waals surface area contributed by atoms with E-state index in [9.17, 15) is 0 Å². The fraction of sp³-hybridized carbons (Fsp3) is 0.333. The zero-order chi connectivity index (χ0) is 8.27. The van der Waals surface area contributed by atoms with Gasteiger partial charge in [0.05, 0.1) is 14.1 Å². The van der Waals surface area contributed by atoms with E-state index in [1.165, 1.54) is 10.5 Å². The van der Waals surface area contributed by atoms with Gasteiger partial charge in [-0.05, 0) is 24.3 Å². The molecule has 0 aliphatic rings. The minimum atomic E-state index is 0.336. The molecule has 11 heavy (non-hydrogen) atoms. The second-order valence-electron chi connectivity index (χ2n) is 3.05. The number of quaternary nitrogens is 1. The molecule has 0 saturated heterocycles. The number of phenols is 1. The summed E-state index contributed by atoms with van der Waals surface area (Å²) in [4.78, 5) is 1.38. The van der Waals surface area contributed by atoms with E-state index in [0.29, 0.717) is 5.75 Å². The van der Waals surface area contributed by atoms with Crippen LogP contribution in [-0.4, -0.2) is 19.2 Å². The lowest BCUT2D eigenvalue weighted by Crippen LogP contribution is -3.04. The van der Waals surface area contributed by atoms with E-state index in [1.807, 2.05) is 12.1 Å². The van der Waals surface area contributed by atoms with Crippen LogP contribution < -0.4 is 4.90 Å². The first-order chi connectivity index (χ1) is 5.18. The maximum atomic E-state index is 8.98. The summed E-state index contributed by atoms with van der Waals surface area (Å²) >= 11 is 0. The summed E-state index contributed by atoms with van der Waals surface area (Å²) in [5.74, 6) is 0.336. The standard InChI is InChI=1S/C9H13NO/c1-10(2)7-8-3-5-9(11)6-4-8/h3-6,11H,7H2,1-2H3/p+1. The Labute approximate surface area is 67.1 Å². The molecule has 60 valence electrons. The van der Waals surface area contributed by atoms with Crippen molar-refractivity contribution in [3.63, 3.8) is 0 Å². The zero-order valence-electron chi connectivity index (χ0n) is 6.96. The van der Waals surface area contributed by atoms with Crippen molar-refractivity contribution in [2.45, 2.75) is 6.54 Å². The predicted molar refractivity (Wildman–Crippen MR) is 44.6 cm³/mol. The molecule has 0 aliphatic heterocycles. The molecule has 1 aromatic carbocycles. The molecule has 2 N–H and O–H groups in total. The van der Waals surface area contributed by atoms with E-state index in [1.54, 1.807) is 12.1 Å². The molecule has 1 rings (SSSR count). The van der Waals surface area contributed by atoms with Gasteiger partial charge in [-0.1, -0.05) is 0 Å². The lowest BCUT2D eigenvalue weighted by molar-refractivity contribution is -0.872. The first kappa shape index (κ1) is 8.08. The minimum absolute atomic E-state index is 0.336. The highest BCUT2D eigenvalue weighted by Gasteiger charge is 1.96. The maximum Gasteiger partial charge on any atom is 0.115 e. The molecule has 0 atom stereocenters. The van der Waals surface area contributed by atoms with Crippen molar-refractivity contribution in [1.29, 1.82) is 0 Å². The highest BCUT2D eigenvalue weighted by atomic mass is 16.3. The van der Waals surface area contributed by atoms with Gasteiger partial charge in [-0.2, -0.15) is 0 Å². The molecule has 0 amide bonds. The Bertz CT molecular complexity index is 216. The van der Waals surface area contributed by atoms with Gasteiger partial charge >= 0.3 is 0 Å². The van der Waals surface area contributed by atoms with Crippen molar-refractivity contribution in [3.05, 3.63) is 29.8 Å². The number of phenolic OH excluding ortho intramolecular Hbond substituents is 1. The van der Waals surface area contributed by atoms with Gasteiger partial charge in [-0.25, -0.2) is 0 Å². The first-order valence-electron chi connectivity index (χ1n) is 3.75. The van der Waals surface area contributed by atoms with Crippen LogP contribution in [0.25, 0.3) is 0 Å². The number of aromatic hydroxyl groups is 1. The minimum Gasteiger partial charge on any atom is -0.508 e. The summed E-state index contributed by atoms with van der Waals surface area (Å²) < 4.78 is 0. The lowest BCUT2D eigenvalue weighted by atomic mass is 10.2. The van der Waals surface area contributed by atoms with Gasteiger partial charge in [0.2, 0.25) is 0 Å². The normalized spacial score (nSPS) is 10.5. The van der Waals surface area contributed by atoms with Crippen molar-refractivity contribution < 1.29 is 10.0 Å². The Morgan fingerprint density at radius 2 is 1.73 bits per heavy atom. The fourth-order valence-electron chi connectivity index (χ4n) is 1.02. The van der Waals surface area contributed by atoms with E-state index in [4.69, 9.17) is 5.11 Å². The van der Waals surface area contributed by atoms with Crippen molar-refractivity contribution in [2.75, 3.05) is 14.1 Å². The molecular weight excluding hydrogens is 138 g/mol. The molecule has 0 saturated carbocycles. The third kappa shape index (κ3) is 2.60. The van der Waals surface area contributed by atoms with Crippen molar-refractivity contribution in [3.8, 4) is 5.75 Å². The van der Waals surface area contributed by atoms with E-state index >= 15 is 0 Å². The number of benzene rings is 1. The Balaban J connectivity index is 2.66. The summed E-state index contributed by atoms with van der Waals surface area (Å²) in [5, 5.41) is 8.98. The van der Waals surface area contributed by atoms with Gasteiger partial charge in [0, 0.05) is 5.56 Å². The molecule has 2 nitrogen and oxygen atoms in total. The SMILES string of the molecule is C[NH+](C)Cc1ccc(O)cc1. The Hall–Kier alpha value is -1.02. The van der Waals surface area contributed by atoms with Crippen molar-refractivity contribution in [2.24, 2.45) is 0 Å². The van der Waals surface area contributed by atoms with Crippen molar-refractivity contribution >= 4 is 0 Å². The molecule has 0 fully saturated rings. The average molecular weight is 152 g/mol. The summed E-state index contributed by atoms with van der Waals surface area (Å²) in [6.07, 6.45) is 0. The second-order valence-corrected chi connectivity index (χ2v) is 3.05. The highest BCUT2D eigenvalue weighted by molar-refractivity contribution is 5.25. The molecule has 0 aromatic heterocycles. The number of nitrogens with one attached hydrogen (secondary N) is 1. The van der Waals surface area contributed by atoms with Crippen LogP contribution in [-0.2, 0) is 6.54 Å². The number of hydrogen-bond donors (Lipinski definition) is 2. The van der Waals surface area contributed by atoms with Crippen LogP contribution in [0.3, 0.4) is 0 Å². The quantitative estimate of drug-likeness (QED) is 0.614. The first-order valence-corrected chi connectivity index (χ1v) is 3.75. The van der Waals surface area contributed by atoms with E-state index < -0.39 is 0 Å². The fourth-order valence-corrected chi connectivity index (χ4v) is 1.02. The third-order valence-corrected chi connectivity index (χ3v) is 1.49. The summed E-state index contributed by atoms with van der Waals surface area (Å²) in [5.41, 5.74) is 1.25. The molecule has 0 radical (unpaired) electrons. The topological polar surface area (TPSA) is 24.7 Å². The van der Waals surface area contributed by atoms with E-state index in [-0.39, 0.29) is 0 Å². The molecular formula is C9H14NO+. The monoisotopic (exact) mass is 152 g/mol. The molecule has 2 heteroatoms. The van der Waals surface area contributed by atoms with Crippen molar-refractivity contribution in [1.82, 2.24) is 0 Å². The Morgan fingerprint density at radius 1 is 1.18 bits per heavy atom. The average Bonchev–Trinajstić information content (AvgIpc) is 1.93. The number of rotatable bonds is 2. The molecule has 0 bridgehead atoms.